The van der Waals surface area contributed by atoms with Gasteiger partial charge in [-0.15, -0.1) is 0 Å². The van der Waals surface area contributed by atoms with Crippen molar-refractivity contribution in [3.8, 4) is 0 Å². The fraction of sp³-hybridized carbons (Fsp3) is 0.100. The molecule has 0 saturated carbocycles. The Labute approximate surface area is 71.8 Å². The third-order valence-electron chi connectivity index (χ3n) is 1.55. The summed E-state index contributed by atoms with van der Waals surface area (Å²) in [6.45, 7) is 5.52. The molecule has 62 valence electrons. The maximum atomic E-state index is 8.68. The summed E-state index contributed by atoms with van der Waals surface area (Å²) < 4.78 is 0. The Morgan fingerprint density at radius 1 is 1.33 bits per heavy atom. The third-order valence-corrected chi connectivity index (χ3v) is 1.55. The average molecular weight is 161 g/mol. The van der Waals surface area contributed by atoms with Gasteiger partial charge in [-0.25, -0.2) is 0 Å². The molecule has 0 spiro atoms. The molecule has 1 aromatic rings. The van der Waals surface area contributed by atoms with E-state index in [9.17, 15) is 0 Å². The molecule has 0 unspecified atom stereocenters. The van der Waals surface area contributed by atoms with Crippen LogP contribution in [0.25, 0.3) is 0 Å². The Bertz CT molecular complexity index is 301. The van der Waals surface area contributed by atoms with E-state index in [-0.39, 0.29) is 0 Å². The lowest BCUT2D eigenvalue weighted by Crippen LogP contribution is -2.00. The molecule has 2 heteroatoms. The molecule has 0 aliphatic rings. The summed E-state index contributed by atoms with van der Waals surface area (Å²) in [4.78, 5) is 0. The van der Waals surface area contributed by atoms with Gasteiger partial charge in [0.15, 0.2) is 0 Å². The molecule has 1 N–H and O–H groups in total. The Balaban J connectivity index is 3.05. The van der Waals surface area contributed by atoms with Crippen molar-refractivity contribution in [2.45, 2.75) is 6.92 Å². The highest BCUT2D eigenvalue weighted by Crippen LogP contribution is 2.06. The van der Waals surface area contributed by atoms with Crippen LogP contribution < -0.4 is 0 Å². The summed E-state index contributed by atoms with van der Waals surface area (Å²) >= 11 is 0. The van der Waals surface area contributed by atoms with Crippen molar-refractivity contribution in [3.05, 3.63) is 48.0 Å². The molecule has 0 bridgehead atoms. The van der Waals surface area contributed by atoms with E-state index in [1.165, 1.54) is 0 Å². The summed E-state index contributed by atoms with van der Waals surface area (Å²) in [5.41, 5.74) is 2.17. The molecule has 0 amide bonds. The van der Waals surface area contributed by atoms with Crippen molar-refractivity contribution in [1.82, 2.24) is 0 Å². The van der Waals surface area contributed by atoms with Gasteiger partial charge in [0.05, 0.1) is 0 Å². The first-order valence-corrected chi connectivity index (χ1v) is 3.69. The van der Waals surface area contributed by atoms with Crippen molar-refractivity contribution in [3.63, 3.8) is 0 Å². The highest BCUT2D eigenvalue weighted by Gasteiger charge is 2.02. The van der Waals surface area contributed by atoms with Crippen molar-refractivity contribution in [2.75, 3.05) is 0 Å². The first-order chi connectivity index (χ1) is 5.75. The van der Waals surface area contributed by atoms with Crippen LogP contribution in [0.4, 0.5) is 0 Å². The normalized spacial score (nSPS) is 11.2. The number of nitrogens with zero attached hydrogens (tertiary/aromatic N) is 1. The summed E-state index contributed by atoms with van der Waals surface area (Å²) in [6.07, 6.45) is 0. The van der Waals surface area contributed by atoms with Gasteiger partial charge in [-0.3, -0.25) is 0 Å². The number of oxime groups is 1. The largest absolute Gasteiger partial charge is 0.410 e. The Morgan fingerprint density at radius 2 is 1.92 bits per heavy atom. The van der Waals surface area contributed by atoms with Crippen LogP contribution in [-0.2, 0) is 0 Å². The Hall–Kier alpha value is -1.57. The van der Waals surface area contributed by atoms with E-state index < -0.39 is 0 Å². The summed E-state index contributed by atoms with van der Waals surface area (Å²) in [5.74, 6) is 0. The molecule has 0 aliphatic carbocycles. The molecule has 0 atom stereocenters. The van der Waals surface area contributed by atoms with Crippen LogP contribution in [0.2, 0.25) is 0 Å². The summed E-state index contributed by atoms with van der Waals surface area (Å²) in [7, 11) is 0. The number of hydrogen-bond acceptors (Lipinski definition) is 2. The number of rotatable bonds is 2. The van der Waals surface area contributed by atoms with E-state index in [0.29, 0.717) is 5.71 Å². The molecule has 0 saturated heterocycles. The van der Waals surface area contributed by atoms with Crippen molar-refractivity contribution < 1.29 is 5.21 Å². The van der Waals surface area contributed by atoms with Gasteiger partial charge >= 0.3 is 0 Å². The number of hydrogen-bond donors (Lipinski definition) is 1. The lowest BCUT2D eigenvalue weighted by Gasteiger charge is -2.01. The maximum Gasteiger partial charge on any atom is 0.112 e. The van der Waals surface area contributed by atoms with E-state index in [2.05, 4.69) is 11.7 Å². The highest BCUT2D eigenvalue weighted by atomic mass is 16.4. The van der Waals surface area contributed by atoms with Crippen LogP contribution in [0, 0.1) is 0 Å². The standard InChI is InChI=1S/C10H11NO/c1-8(2)10(11-12)9-6-4-3-5-7-9/h3-7,12H,1H2,2H3/b11-10+. The van der Waals surface area contributed by atoms with Crippen molar-refractivity contribution in [1.29, 1.82) is 0 Å². The van der Waals surface area contributed by atoms with Gasteiger partial charge < -0.3 is 5.21 Å². The minimum Gasteiger partial charge on any atom is -0.410 e. The smallest absolute Gasteiger partial charge is 0.112 e. The van der Waals surface area contributed by atoms with E-state index in [1.807, 2.05) is 37.3 Å². The van der Waals surface area contributed by atoms with Gasteiger partial charge in [-0.05, 0) is 12.5 Å². The zero-order valence-corrected chi connectivity index (χ0v) is 6.99. The summed E-state index contributed by atoms with van der Waals surface area (Å²) in [6, 6.07) is 9.46. The lowest BCUT2D eigenvalue weighted by atomic mass is 10.1. The van der Waals surface area contributed by atoms with Gasteiger partial charge in [-0.1, -0.05) is 42.1 Å². The molecule has 1 rings (SSSR count). The van der Waals surface area contributed by atoms with Crippen LogP contribution >= 0.6 is 0 Å². The van der Waals surface area contributed by atoms with Crippen LogP contribution in [-0.4, -0.2) is 10.9 Å². The minimum atomic E-state index is 0.538. The van der Waals surface area contributed by atoms with E-state index in [1.54, 1.807) is 0 Å². The predicted molar refractivity (Wildman–Crippen MR) is 49.6 cm³/mol. The fourth-order valence-electron chi connectivity index (χ4n) is 0.986. The maximum absolute atomic E-state index is 8.68. The van der Waals surface area contributed by atoms with E-state index >= 15 is 0 Å². The van der Waals surface area contributed by atoms with E-state index in [4.69, 9.17) is 5.21 Å². The third kappa shape index (κ3) is 1.72. The van der Waals surface area contributed by atoms with Gasteiger partial charge in [0.25, 0.3) is 0 Å². The zero-order valence-electron chi connectivity index (χ0n) is 6.99. The second-order valence-electron chi connectivity index (χ2n) is 2.59. The molecule has 1 aromatic carbocycles. The average Bonchev–Trinajstić information content (AvgIpc) is 2.07. The van der Waals surface area contributed by atoms with Crippen LogP contribution in [0.15, 0.2) is 47.6 Å². The monoisotopic (exact) mass is 161 g/mol. The number of benzene rings is 1. The molecule has 0 aromatic heterocycles. The van der Waals surface area contributed by atoms with Crippen molar-refractivity contribution >= 4 is 5.71 Å². The topological polar surface area (TPSA) is 32.6 Å². The minimum absolute atomic E-state index is 0.538. The van der Waals surface area contributed by atoms with Crippen LogP contribution in [0.5, 0.6) is 0 Å². The van der Waals surface area contributed by atoms with Crippen molar-refractivity contribution in [2.24, 2.45) is 5.16 Å². The fourth-order valence-corrected chi connectivity index (χ4v) is 0.986. The molecular formula is C10H11NO. The zero-order chi connectivity index (χ0) is 8.97. The highest BCUT2D eigenvalue weighted by molar-refractivity contribution is 6.11. The van der Waals surface area contributed by atoms with Gasteiger partial charge in [0.1, 0.15) is 5.71 Å². The molecule has 12 heavy (non-hydrogen) atoms. The first-order valence-electron chi connectivity index (χ1n) is 3.69. The Morgan fingerprint density at radius 3 is 2.33 bits per heavy atom. The molecule has 0 heterocycles. The molecular weight excluding hydrogens is 150 g/mol. The quantitative estimate of drug-likeness (QED) is 0.403. The first kappa shape index (κ1) is 8.53. The second kappa shape index (κ2) is 3.72. The second-order valence-corrected chi connectivity index (χ2v) is 2.59. The summed E-state index contributed by atoms with van der Waals surface area (Å²) in [5, 5.41) is 11.9. The van der Waals surface area contributed by atoms with Gasteiger partial charge in [0.2, 0.25) is 0 Å². The van der Waals surface area contributed by atoms with Gasteiger partial charge in [-0.2, -0.15) is 0 Å². The van der Waals surface area contributed by atoms with Crippen LogP contribution in [0.3, 0.4) is 0 Å². The molecule has 0 radical (unpaired) electrons. The van der Waals surface area contributed by atoms with Gasteiger partial charge in [0, 0.05) is 5.56 Å². The lowest BCUT2D eigenvalue weighted by molar-refractivity contribution is 0.319. The SMILES string of the molecule is C=C(C)/C(=N\O)c1ccccc1. The van der Waals surface area contributed by atoms with E-state index in [0.717, 1.165) is 11.1 Å². The predicted octanol–water partition coefficient (Wildman–Crippen LogP) is 2.44. The van der Waals surface area contributed by atoms with Crippen LogP contribution in [0.1, 0.15) is 12.5 Å². The molecule has 0 aliphatic heterocycles. The molecule has 0 fully saturated rings. The Kier molecular flexibility index (Phi) is 2.64. The molecule has 2 nitrogen and oxygen atoms in total. The number of allylic oxidation sites excluding steroid dienone is 1.